The van der Waals surface area contributed by atoms with Crippen molar-refractivity contribution in [1.29, 1.82) is 0 Å². The molecule has 0 unspecified atom stereocenters. The summed E-state index contributed by atoms with van der Waals surface area (Å²) in [5, 5.41) is 0. The average molecular weight is 456 g/mol. The van der Waals surface area contributed by atoms with Gasteiger partial charge in [-0.05, 0) is 37.1 Å². The number of hydrogen-bond acceptors (Lipinski definition) is 2. The van der Waals surface area contributed by atoms with Crippen molar-refractivity contribution in [3.8, 4) is 12.3 Å². The van der Waals surface area contributed by atoms with Crippen molar-refractivity contribution < 1.29 is 26.3 Å². The molecular formula is C22H14F6S2. The molecular weight excluding hydrogens is 442 g/mol. The molecule has 0 aliphatic heterocycles. The van der Waals surface area contributed by atoms with Gasteiger partial charge in [0.05, 0.1) is 4.88 Å². The monoisotopic (exact) mass is 456 g/mol. The summed E-state index contributed by atoms with van der Waals surface area (Å²) in [5.41, 5.74) is -3.32. The second-order valence-electron chi connectivity index (χ2n) is 7.11. The van der Waals surface area contributed by atoms with Crippen molar-refractivity contribution >= 4 is 33.8 Å². The van der Waals surface area contributed by atoms with Gasteiger partial charge in [-0.1, -0.05) is 30.2 Å². The molecule has 0 radical (unpaired) electrons. The molecule has 0 bridgehead atoms. The van der Waals surface area contributed by atoms with Gasteiger partial charge in [0.1, 0.15) is 0 Å². The number of thiophene rings is 2. The Balaban J connectivity index is 2.04. The van der Waals surface area contributed by atoms with Crippen LogP contribution in [0.4, 0.5) is 26.3 Å². The topological polar surface area (TPSA) is 0 Å². The molecule has 0 nitrogen and oxygen atoms in total. The molecule has 4 rings (SSSR count). The van der Waals surface area contributed by atoms with Crippen molar-refractivity contribution in [2.75, 3.05) is 0 Å². The van der Waals surface area contributed by atoms with Crippen LogP contribution in [0.25, 0.3) is 11.1 Å². The van der Waals surface area contributed by atoms with Gasteiger partial charge in [-0.15, -0.1) is 29.1 Å². The fourth-order valence-corrected chi connectivity index (χ4v) is 5.70. The first-order chi connectivity index (χ1) is 13.9. The van der Waals surface area contributed by atoms with Crippen LogP contribution < -0.4 is 0 Å². The summed E-state index contributed by atoms with van der Waals surface area (Å²) in [6.45, 7) is 2.87. The maximum absolute atomic E-state index is 14.9. The van der Waals surface area contributed by atoms with E-state index >= 15 is 0 Å². The van der Waals surface area contributed by atoms with Crippen LogP contribution in [0.2, 0.25) is 0 Å². The van der Waals surface area contributed by atoms with E-state index in [-0.39, 0.29) is 31.7 Å². The lowest BCUT2D eigenvalue weighted by atomic mass is 9.94. The summed E-state index contributed by atoms with van der Waals surface area (Å²) in [6.07, 6.45) is 12.5. The Morgan fingerprint density at radius 2 is 1.33 bits per heavy atom. The van der Waals surface area contributed by atoms with Gasteiger partial charge < -0.3 is 0 Å². The van der Waals surface area contributed by atoms with Crippen LogP contribution >= 0.6 is 22.7 Å². The molecule has 0 aromatic carbocycles. The summed E-state index contributed by atoms with van der Waals surface area (Å²) < 4.78 is 88.5. The second-order valence-corrected chi connectivity index (χ2v) is 9.66. The molecule has 0 amide bonds. The molecule has 8 heteroatoms. The van der Waals surface area contributed by atoms with E-state index in [0.29, 0.717) is 4.88 Å². The van der Waals surface area contributed by atoms with E-state index < -0.39 is 28.9 Å². The van der Waals surface area contributed by atoms with E-state index in [9.17, 15) is 26.3 Å². The first kappa shape index (κ1) is 21.0. The number of terminal acetylenes is 1. The Bertz CT molecular complexity index is 1150. The van der Waals surface area contributed by atoms with E-state index in [1.54, 1.807) is 12.2 Å². The SMILES string of the molecule is C#Cc1cc(C2=C(c3cc(C4C=CC=C4)sc3C)C(F)(F)C(F)(F)C2(F)F)c(C)s1. The zero-order chi connectivity index (χ0) is 22.1. The molecule has 0 atom stereocenters. The Labute approximate surface area is 177 Å². The van der Waals surface area contributed by atoms with Crippen molar-refractivity contribution in [1.82, 2.24) is 0 Å². The Kier molecular flexibility index (Phi) is 4.64. The highest BCUT2D eigenvalue weighted by Gasteiger charge is 2.80. The molecule has 30 heavy (non-hydrogen) atoms. The maximum atomic E-state index is 14.9. The summed E-state index contributed by atoms with van der Waals surface area (Å²) >= 11 is 2.04. The molecule has 0 spiro atoms. The van der Waals surface area contributed by atoms with E-state index in [1.807, 2.05) is 12.2 Å². The van der Waals surface area contributed by atoms with Gasteiger partial charge in [0.25, 0.3) is 0 Å². The third-order valence-corrected chi connectivity index (χ3v) is 7.41. The average Bonchev–Trinajstić information content (AvgIpc) is 3.40. The second kappa shape index (κ2) is 6.63. The third kappa shape index (κ3) is 2.68. The minimum absolute atomic E-state index is 0.179. The Morgan fingerprint density at radius 3 is 1.83 bits per heavy atom. The van der Waals surface area contributed by atoms with Crippen LogP contribution in [-0.4, -0.2) is 17.8 Å². The lowest BCUT2D eigenvalue weighted by Gasteiger charge is -2.25. The van der Waals surface area contributed by atoms with Gasteiger partial charge >= 0.3 is 17.8 Å². The largest absolute Gasteiger partial charge is 0.380 e. The van der Waals surface area contributed by atoms with Gasteiger partial charge in [-0.25, -0.2) is 0 Å². The number of rotatable bonds is 3. The van der Waals surface area contributed by atoms with Gasteiger partial charge in [-0.3, -0.25) is 0 Å². The predicted molar refractivity (Wildman–Crippen MR) is 109 cm³/mol. The molecule has 0 saturated heterocycles. The van der Waals surface area contributed by atoms with Crippen LogP contribution in [0, 0.1) is 26.2 Å². The third-order valence-electron chi connectivity index (χ3n) is 5.28. The zero-order valence-corrected chi connectivity index (χ0v) is 17.3. The van der Waals surface area contributed by atoms with Gasteiger partial charge in [0, 0.05) is 31.7 Å². The number of halogens is 6. The summed E-state index contributed by atoms with van der Waals surface area (Å²) in [7, 11) is 0. The van der Waals surface area contributed by atoms with E-state index in [4.69, 9.17) is 6.42 Å². The quantitative estimate of drug-likeness (QED) is 0.332. The van der Waals surface area contributed by atoms with Crippen LogP contribution in [0.3, 0.4) is 0 Å². The number of alkyl halides is 6. The molecule has 2 aromatic rings. The Hall–Kier alpha value is -2.24. The van der Waals surface area contributed by atoms with E-state index in [2.05, 4.69) is 5.92 Å². The predicted octanol–water partition coefficient (Wildman–Crippen LogP) is 7.45. The zero-order valence-electron chi connectivity index (χ0n) is 15.7. The van der Waals surface area contributed by atoms with Gasteiger partial charge in [0.2, 0.25) is 0 Å². The lowest BCUT2D eigenvalue weighted by Crippen LogP contribution is -2.48. The fraction of sp³-hybridized carbons (Fsp3) is 0.273. The number of allylic oxidation sites excluding steroid dienone is 6. The van der Waals surface area contributed by atoms with Crippen molar-refractivity contribution in [2.45, 2.75) is 37.5 Å². The number of hydrogen-bond donors (Lipinski definition) is 0. The fourth-order valence-electron chi connectivity index (χ4n) is 3.77. The van der Waals surface area contributed by atoms with Crippen molar-refractivity contribution in [3.05, 3.63) is 67.1 Å². The lowest BCUT2D eigenvalue weighted by molar-refractivity contribution is -0.254. The number of aryl methyl sites for hydroxylation is 2. The molecule has 156 valence electrons. The molecule has 2 heterocycles. The first-order valence-corrected chi connectivity index (χ1v) is 10.5. The van der Waals surface area contributed by atoms with E-state index in [1.165, 1.54) is 19.9 Å². The highest BCUT2D eigenvalue weighted by molar-refractivity contribution is 7.13. The van der Waals surface area contributed by atoms with Crippen molar-refractivity contribution in [2.24, 2.45) is 0 Å². The highest BCUT2D eigenvalue weighted by atomic mass is 32.1. The molecule has 2 aliphatic carbocycles. The summed E-state index contributed by atoms with van der Waals surface area (Å²) in [6, 6.07) is 2.42. The van der Waals surface area contributed by atoms with Gasteiger partial charge in [-0.2, -0.15) is 26.3 Å². The minimum Gasteiger partial charge on any atom is -0.194 e. The van der Waals surface area contributed by atoms with Crippen LogP contribution in [0.1, 0.15) is 36.6 Å². The molecule has 0 fully saturated rings. The molecule has 0 N–H and O–H groups in total. The minimum atomic E-state index is -5.57. The standard InChI is InChI=1S/C22H14F6S2/c1-4-14-9-15(11(2)29-14)18-19(21(25,26)22(27,28)20(18,23)24)16-10-17(30-12(16)3)13-7-5-6-8-13/h1,5-10,13H,2-3H3. The van der Waals surface area contributed by atoms with E-state index in [0.717, 1.165) is 28.7 Å². The first-order valence-electron chi connectivity index (χ1n) is 8.85. The summed E-state index contributed by atoms with van der Waals surface area (Å²) in [5.74, 6) is -13.7. The molecule has 2 aromatic heterocycles. The summed E-state index contributed by atoms with van der Waals surface area (Å²) in [4.78, 5) is 1.26. The maximum Gasteiger partial charge on any atom is 0.380 e. The molecule has 2 aliphatic rings. The van der Waals surface area contributed by atoms with Crippen LogP contribution in [0.15, 0.2) is 36.4 Å². The van der Waals surface area contributed by atoms with Gasteiger partial charge in [0.15, 0.2) is 0 Å². The molecule has 0 saturated carbocycles. The Morgan fingerprint density at radius 1 is 0.833 bits per heavy atom. The van der Waals surface area contributed by atoms with Crippen LogP contribution in [0.5, 0.6) is 0 Å². The highest BCUT2D eigenvalue weighted by Crippen LogP contribution is 2.65. The smallest absolute Gasteiger partial charge is 0.194 e. The normalized spacial score (nSPS) is 21.6. The van der Waals surface area contributed by atoms with Crippen LogP contribution in [-0.2, 0) is 0 Å². The van der Waals surface area contributed by atoms with Crippen molar-refractivity contribution in [3.63, 3.8) is 0 Å².